The number of thiazole rings is 1. The van der Waals surface area contributed by atoms with Gasteiger partial charge in [-0.3, -0.25) is 0 Å². The van der Waals surface area contributed by atoms with Crippen molar-refractivity contribution in [2.45, 2.75) is 19.3 Å². The van der Waals surface area contributed by atoms with E-state index in [0.717, 1.165) is 46.4 Å². The minimum Gasteiger partial charge on any atom is -0.385 e. The van der Waals surface area contributed by atoms with Crippen molar-refractivity contribution in [3.63, 3.8) is 0 Å². The number of nitrogens with one attached hydrogen (secondary N) is 1. The van der Waals surface area contributed by atoms with Crippen LogP contribution in [0.5, 0.6) is 0 Å². The highest BCUT2D eigenvalue weighted by atomic mass is 35.5. The molecule has 5 heteroatoms. The average Bonchev–Trinajstić information content (AvgIpc) is 2.75. The average molecular weight is 285 g/mol. The van der Waals surface area contributed by atoms with E-state index in [1.54, 1.807) is 18.4 Å². The van der Waals surface area contributed by atoms with Crippen molar-refractivity contribution in [2.75, 3.05) is 25.6 Å². The van der Waals surface area contributed by atoms with E-state index in [1.165, 1.54) is 6.42 Å². The molecule has 0 saturated carbocycles. The summed E-state index contributed by atoms with van der Waals surface area (Å²) in [5, 5.41) is 5.09. The fourth-order valence-electron chi connectivity index (χ4n) is 1.72. The Morgan fingerprint density at radius 3 is 3.06 bits per heavy atom. The van der Waals surface area contributed by atoms with E-state index in [0.29, 0.717) is 0 Å². The Morgan fingerprint density at radius 1 is 1.33 bits per heavy atom. The van der Waals surface area contributed by atoms with Crippen molar-refractivity contribution in [3.05, 3.63) is 23.2 Å². The molecule has 0 aliphatic carbocycles. The maximum absolute atomic E-state index is 5.95. The zero-order chi connectivity index (χ0) is 12.8. The summed E-state index contributed by atoms with van der Waals surface area (Å²) in [6, 6.07) is 5.79. The number of ether oxygens (including phenoxy) is 1. The standard InChI is InChI=1S/C13H17ClN2OS/c1-17-8-4-2-3-7-15-13-16-11-6-5-10(14)9-12(11)18-13/h5-6,9H,2-4,7-8H2,1H3,(H,15,16). The monoisotopic (exact) mass is 284 g/mol. The van der Waals surface area contributed by atoms with Crippen LogP contribution in [0.2, 0.25) is 5.02 Å². The van der Waals surface area contributed by atoms with E-state index in [2.05, 4.69) is 10.3 Å². The summed E-state index contributed by atoms with van der Waals surface area (Å²) in [6.07, 6.45) is 3.44. The number of fused-ring (bicyclic) bond motifs is 1. The predicted octanol–water partition coefficient (Wildman–Crippen LogP) is 4.18. The molecule has 0 saturated heterocycles. The quantitative estimate of drug-likeness (QED) is 0.775. The highest BCUT2D eigenvalue weighted by Crippen LogP contribution is 2.28. The van der Waals surface area contributed by atoms with Gasteiger partial charge in [0.25, 0.3) is 0 Å². The molecule has 0 atom stereocenters. The van der Waals surface area contributed by atoms with Gasteiger partial charge in [-0.2, -0.15) is 0 Å². The highest BCUT2D eigenvalue weighted by Gasteiger charge is 2.03. The van der Waals surface area contributed by atoms with Gasteiger partial charge in [-0.1, -0.05) is 22.9 Å². The summed E-state index contributed by atoms with van der Waals surface area (Å²) < 4.78 is 6.14. The minimum atomic E-state index is 0.761. The first-order valence-electron chi connectivity index (χ1n) is 6.08. The van der Waals surface area contributed by atoms with Crippen LogP contribution in [-0.4, -0.2) is 25.2 Å². The Morgan fingerprint density at radius 2 is 2.22 bits per heavy atom. The van der Waals surface area contributed by atoms with Gasteiger partial charge in [0, 0.05) is 25.3 Å². The summed E-state index contributed by atoms with van der Waals surface area (Å²) in [4.78, 5) is 4.51. The number of nitrogens with zero attached hydrogens (tertiary/aromatic N) is 1. The van der Waals surface area contributed by atoms with Crippen molar-refractivity contribution >= 4 is 38.3 Å². The van der Waals surface area contributed by atoms with Crippen LogP contribution in [-0.2, 0) is 4.74 Å². The molecule has 1 heterocycles. The molecule has 0 aliphatic heterocycles. The second-order valence-corrected chi connectivity index (χ2v) is 5.58. The first kappa shape index (κ1) is 13.6. The smallest absolute Gasteiger partial charge is 0.183 e. The molecule has 0 unspecified atom stereocenters. The SMILES string of the molecule is COCCCCCNc1nc2ccc(Cl)cc2s1. The van der Waals surface area contributed by atoms with Gasteiger partial charge in [0.15, 0.2) is 5.13 Å². The number of halogens is 1. The zero-order valence-electron chi connectivity index (χ0n) is 10.4. The number of hydrogen-bond acceptors (Lipinski definition) is 4. The molecule has 0 spiro atoms. The lowest BCUT2D eigenvalue weighted by Crippen LogP contribution is -2.01. The van der Waals surface area contributed by atoms with Gasteiger partial charge in [0.05, 0.1) is 10.2 Å². The van der Waals surface area contributed by atoms with E-state index in [9.17, 15) is 0 Å². The normalized spacial score (nSPS) is 11.0. The number of rotatable bonds is 7. The molecule has 1 N–H and O–H groups in total. The zero-order valence-corrected chi connectivity index (χ0v) is 12.0. The Bertz CT molecular complexity index is 501. The lowest BCUT2D eigenvalue weighted by molar-refractivity contribution is 0.192. The van der Waals surface area contributed by atoms with E-state index >= 15 is 0 Å². The molecule has 0 bridgehead atoms. The molecule has 0 amide bonds. The van der Waals surface area contributed by atoms with Crippen LogP contribution in [0.4, 0.5) is 5.13 Å². The number of hydrogen-bond donors (Lipinski definition) is 1. The van der Waals surface area contributed by atoms with Crippen molar-refractivity contribution in [3.8, 4) is 0 Å². The largest absolute Gasteiger partial charge is 0.385 e. The Labute approximate surface area is 116 Å². The van der Waals surface area contributed by atoms with Crippen LogP contribution in [0.3, 0.4) is 0 Å². The number of anilines is 1. The molecular formula is C13H17ClN2OS. The summed E-state index contributed by atoms with van der Waals surface area (Å²) in [5.74, 6) is 0. The third kappa shape index (κ3) is 3.83. The number of methoxy groups -OCH3 is 1. The van der Waals surface area contributed by atoms with E-state index in [-0.39, 0.29) is 0 Å². The van der Waals surface area contributed by atoms with Crippen LogP contribution < -0.4 is 5.32 Å². The van der Waals surface area contributed by atoms with Gasteiger partial charge < -0.3 is 10.1 Å². The second-order valence-electron chi connectivity index (χ2n) is 4.11. The van der Waals surface area contributed by atoms with Crippen LogP contribution in [0.1, 0.15) is 19.3 Å². The Hall–Kier alpha value is -0.840. The first-order chi connectivity index (χ1) is 8.79. The molecule has 1 aromatic heterocycles. The van der Waals surface area contributed by atoms with Crippen molar-refractivity contribution in [1.29, 1.82) is 0 Å². The van der Waals surface area contributed by atoms with Gasteiger partial charge in [-0.25, -0.2) is 4.98 Å². The molecule has 2 aromatic rings. The molecule has 2 rings (SSSR count). The molecule has 0 aliphatic rings. The van der Waals surface area contributed by atoms with Gasteiger partial charge in [-0.05, 0) is 37.5 Å². The van der Waals surface area contributed by atoms with Crippen molar-refractivity contribution in [1.82, 2.24) is 4.98 Å². The van der Waals surface area contributed by atoms with Crippen LogP contribution in [0.15, 0.2) is 18.2 Å². The summed E-state index contributed by atoms with van der Waals surface area (Å²) >= 11 is 7.60. The van der Waals surface area contributed by atoms with Gasteiger partial charge in [-0.15, -0.1) is 0 Å². The Balaban J connectivity index is 1.81. The number of aromatic nitrogens is 1. The first-order valence-corrected chi connectivity index (χ1v) is 7.28. The van der Waals surface area contributed by atoms with Crippen LogP contribution in [0, 0.1) is 0 Å². The lowest BCUT2D eigenvalue weighted by atomic mass is 10.2. The van der Waals surface area contributed by atoms with Gasteiger partial charge >= 0.3 is 0 Å². The third-order valence-electron chi connectivity index (χ3n) is 2.65. The molecule has 3 nitrogen and oxygen atoms in total. The maximum Gasteiger partial charge on any atom is 0.183 e. The molecule has 98 valence electrons. The summed E-state index contributed by atoms with van der Waals surface area (Å²) in [6.45, 7) is 1.80. The third-order valence-corrected chi connectivity index (χ3v) is 3.86. The van der Waals surface area contributed by atoms with E-state index in [4.69, 9.17) is 16.3 Å². The Kier molecular flexibility index (Phi) is 5.23. The highest BCUT2D eigenvalue weighted by molar-refractivity contribution is 7.22. The number of benzene rings is 1. The number of unbranched alkanes of at least 4 members (excludes halogenated alkanes) is 2. The molecular weight excluding hydrogens is 268 g/mol. The molecule has 0 radical (unpaired) electrons. The molecule has 18 heavy (non-hydrogen) atoms. The van der Waals surface area contributed by atoms with E-state index < -0.39 is 0 Å². The summed E-state index contributed by atoms with van der Waals surface area (Å²) in [7, 11) is 1.74. The van der Waals surface area contributed by atoms with Crippen LogP contribution >= 0.6 is 22.9 Å². The lowest BCUT2D eigenvalue weighted by Gasteiger charge is -2.01. The van der Waals surface area contributed by atoms with Gasteiger partial charge in [0.1, 0.15) is 0 Å². The maximum atomic E-state index is 5.95. The molecule has 0 fully saturated rings. The predicted molar refractivity (Wildman–Crippen MR) is 78.8 cm³/mol. The minimum absolute atomic E-state index is 0.761. The molecule has 1 aromatic carbocycles. The second kappa shape index (κ2) is 6.92. The van der Waals surface area contributed by atoms with Crippen molar-refractivity contribution < 1.29 is 4.74 Å². The topological polar surface area (TPSA) is 34.1 Å². The fourth-order valence-corrected chi connectivity index (χ4v) is 2.89. The fraction of sp³-hybridized carbons (Fsp3) is 0.462. The van der Waals surface area contributed by atoms with Gasteiger partial charge in [0.2, 0.25) is 0 Å². The van der Waals surface area contributed by atoms with Crippen molar-refractivity contribution in [2.24, 2.45) is 0 Å². The van der Waals surface area contributed by atoms with Crippen LogP contribution in [0.25, 0.3) is 10.2 Å². The van der Waals surface area contributed by atoms with E-state index in [1.807, 2.05) is 18.2 Å². The summed E-state index contributed by atoms with van der Waals surface area (Å²) in [5.41, 5.74) is 1.01.